The van der Waals surface area contributed by atoms with Gasteiger partial charge >= 0.3 is 5.97 Å². The first-order chi connectivity index (χ1) is 14.3. The van der Waals surface area contributed by atoms with Crippen molar-refractivity contribution in [3.05, 3.63) is 47.4 Å². The van der Waals surface area contributed by atoms with E-state index in [1.807, 2.05) is 19.2 Å². The van der Waals surface area contributed by atoms with Crippen LogP contribution in [0.5, 0.6) is 5.75 Å². The Hall–Kier alpha value is -3.53. The maximum atomic E-state index is 12.4. The number of aromatic hydroxyl groups is 1. The first kappa shape index (κ1) is 19.8. The van der Waals surface area contributed by atoms with Gasteiger partial charge in [0.2, 0.25) is 0 Å². The van der Waals surface area contributed by atoms with Crippen LogP contribution in [-0.4, -0.2) is 47.8 Å². The van der Waals surface area contributed by atoms with Crippen molar-refractivity contribution >= 4 is 40.2 Å². The van der Waals surface area contributed by atoms with Gasteiger partial charge in [-0.2, -0.15) is 5.10 Å². The molecular formula is C20H19N5O4S. The Labute approximate surface area is 175 Å². The first-order valence-electron chi connectivity index (χ1n) is 9.07. The molecule has 0 spiro atoms. The molecule has 3 N–H and O–H groups in total. The minimum absolute atomic E-state index is 0.122. The van der Waals surface area contributed by atoms with Crippen molar-refractivity contribution < 1.29 is 19.8 Å². The number of amides is 1. The van der Waals surface area contributed by atoms with Crippen molar-refractivity contribution in [2.75, 3.05) is 6.54 Å². The zero-order chi connectivity index (χ0) is 21.6. The van der Waals surface area contributed by atoms with Gasteiger partial charge in [0.05, 0.1) is 0 Å². The highest BCUT2D eigenvalue weighted by atomic mass is 32.2. The number of aryl methyl sites for hydroxylation is 2. The van der Waals surface area contributed by atoms with Crippen molar-refractivity contribution in [2.24, 2.45) is 7.05 Å². The van der Waals surface area contributed by atoms with Gasteiger partial charge in [-0.25, -0.2) is 9.50 Å². The Morgan fingerprint density at radius 3 is 2.77 bits per heavy atom. The van der Waals surface area contributed by atoms with Crippen LogP contribution in [0.4, 0.5) is 0 Å². The van der Waals surface area contributed by atoms with Gasteiger partial charge in [-0.05, 0) is 31.5 Å². The number of rotatable bonds is 5. The third-order valence-corrected chi connectivity index (χ3v) is 6.18. The van der Waals surface area contributed by atoms with Gasteiger partial charge in [0, 0.05) is 34.6 Å². The monoisotopic (exact) mass is 425 g/mol. The van der Waals surface area contributed by atoms with Crippen molar-refractivity contribution in [3.63, 3.8) is 0 Å². The highest BCUT2D eigenvalue weighted by Crippen LogP contribution is 2.39. The molecule has 0 aliphatic heterocycles. The van der Waals surface area contributed by atoms with Gasteiger partial charge in [-0.15, -0.1) is 0 Å². The van der Waals surface area contributed by atoms with E-state index < -0.39 is 18.4 Å². The molecule has 3 aromatic heterocycles. The number of nitrogens with one attached hydrogen (secondary N) is 1. The molecule has 1 aromatic carbocycles. The fraction of sp³-hybridized carbons (Fsp3) is 0.200. The highest BCUT2D eigenvalue weighted by molar-refractivity contribution is 7.99. The van der Waals surface area contributed by atoms with E-state index in [2.05, 4.69) is 39.9 Å². The quantitative estimate of drug-likeness (QED) is 0.449. The van der Waals surface area contributed by atoms with Crippen LogP contribution in [0.15, 0.2) is 40.5 Å². The van der Waals surface area contributed by atoms with E-state index in [9.17, 15) is 14.7 Å². The molecule has 0 saturated carbocycles. The number of carboxylic acids is 1. The molecule has 0 unspecified atom stereocenters. The van der Waals surface area contributed by atoms with Crippen LogP contribution in [-0.2, 0) is 11.8 Å². The summed E-state index contributed by atoms with van der Waals surface area (Å²) in [6, 6.07) is 7.45. The largest absolute Gasteiger partial charge is 0.507 e. The summed E-state index contributed by atoms with van der Waals surface area (Å²) in [7, 11) is 2.02. The Balaban J connectivity index is 1.81. The zero-order valence-corrected chi connectivity index (χ0v) is 17.3. The van der Waals surface area contributed by atoms with E-state index in [0.717, 1.165) is 21.5 Å². The first-order valence-corrected chi connectivity index (χ1v) is 9.89. The summed E-state index contributed by atoms with van der Waals surface area (Å²) in [4.78, 5) is 28.2. The van der Waals surface area contributed by atoms with E-state index in [1.54, 1.807) is 0 Å². The summed E-state index contributed by atoms with van der Waals surface area (Å²) in [5, 5.41) is 27.4. The fourth-order valence-corrected chi connectivity index (χ4v) is 4.58. The molecule has 0 bridgehead atoms. The zero-order valence-electron chi connectivity index (χ0n) is 16.5. The molecule has 154 valence electrons. The number of carbonyl (C=O) groups excluding carboxylic acids is 1. The van der Waals surface area contributed by atoms with Gasteiger partial charge in [0.25, 0.3) is 5.91 Å². The van der Waals surface area contributed by atoms with Crippen LogP contribution in [0, 0.1) is 13.8 Å². The Morgan fingerprint density at radius 1 is 1.27 bits per heavy atom. The van der Waals surface area contributed by atoms with Gasteiger partial charge in [0.1, 0.15) is 29.2 Å². The molecule has 0 saturated heterocycles. The number of nitrogens with zero attached hydrogens (tertiary/aromatic N) is 4. The molecular weight excluding hydrogens is 406 g/mol. The maximum absolute atomic E-state index is 12.4. The lowest BCUT2D eigenvalue weighted by Gasteiger charge is -2.11. The smallest absolute Gasteiger partial charge is 0.322 e. The molecule has 0 aliphatic rings. The molecule has 3 heterocycles. The number of hydrogen-bond acceptors (Lipinski definition) is 6. The lowest BCUT2D eigenvalue weighted by atomic mass is 10.1. The molecule has 4 rings (SSSR count). The second-order valence-corrected chi connectivity index (χ2v) is 7.90. The van der Waals surface area contributed by atoms with Crippen LogP contribution in [0.1, 0.15) is 21.6 Å². The normalized spacial score (nSPS) is 11.3. The summed E-state index contributed by atoms with van der Waals surface area (Å²) in [6.45, 7) is 3.57. The molecule has 9 nitrogen and oxygen atoms in total. The summed E-state index contributed by atoms with van der Waals surface area (Å²) in [5.74, 6) is -2.22. The maximum Gasteiger partial charge on any atom is 0.322 e. The number of pyridine rings is 1. The average molecular weight is 425 g/mol. The molecule has 4 aromatic rings. The number of aliphatic carboxylic acids is 1. The third-order valence-electron chi connectivity index (χ3n) is 5.12. The number of fused-ring (bicyclic) bond motifs is 2. The lowest BCUT2D eigenvalue weighted by molar-refractivity contribution is -0.135. The second kappa shape index (κ2) is 7.38. The number of carbonyl (C=O) groups is 2. The minimum Gasteiger partial charge on any atom is -0.507 e. The van der Waals surface area contributed by atoms with Gasteiger partial charge in [0.15, 0.2) is 5.65 Å². The number of hydrogen-bond donors (Lipinski definition) is 3. The molecule has 30 heavy (non-hydrogen) atoms. The van der Waals surface area contributed by atoms with E-state index in [4.69, 9.17) is 5.11 Å². The Morgan fingerprint density at radius 2 is 2.03 bits per heavy atom. The lowest BCUT2D eigenvalue weighted by Crippen LogP contribution is -2.29. The van der Waals surface area contributed by atoms with E-state index >= 15 is 0 Å². The minimum atomic E-state index is -1.19. The predicted octanol–water partition coefficient (Wildman–Crippen LogP) is 2.51. The Kier molecular flexibility index (Phi) is 4.86. The third kappa shape index (κ3) is 3.14. The molecule has 0 fully saturated rings. The molecule has 0 radical (unpaired) electrons. The Bertz CT molecular complexity index is 1320. The summed E-state index contributed by atoms with van der Waals surface area (Å²) >= 11 is 1.40. The topological polar surface area (TPSA) is 122 Å². The standard InChI is InChI=1S/C20H19N5O4S/c1-10-11(2)24(3)12-5-4-6-14(17(10)12)30-15-7-13(26)18(19-22-9-23-25(15)19)20(29)21-8-16(27)28/h4-7,9,26H,8H2,1-3H3,(H,21,29)(H,27,28). The van der Waals surface area contributed by atoms with Crippen LogP contribution in [0.2, 0.25) is 0 Å². The van der Waals surface area contributed by atoms with E-state index in [-0.39, 0.29) is 17.0 Å². The van der Waals surface area contributed by atoms with Crippen LogP contribution >= 0.6 is 11.8 Å². The highest BCUT2D eigenvalue weighted by Gasteiger charge is 2.22. The van der Waals surface area contributed by atoms with E-state index in [1.165, 1.54) is 34.2 Å². The van der Waals surface area contributed by atoms with Crippen molar-refractivity contribution in [2.45, 2.75) is 23.8 Å². The molecule has 0 aliphatic carbocycles. The predicted molar refractivity (Wildman–Crippen MR) is 111 cm³/mol. The van der Waals surface area contributed by atoms with Crippen LogP contribution in [0.25, 0.3) is 16.6 Å². The number of carboxylic acid groups (broad SMARTS) is 1. The van der Waals surface area contributed by atoms with Crippen LogP contribution < -0.4 is 5.32 Å². The van der Waals surface area contributed by atoms with Gasteiger partial charge in [-0.3, -0.25) is 9.59 Å². The molecule has 1 amide bonds. The van der Waals surface area contributed by atoms with Crippen LogP contribution in [0.3, 0.4) is 0 Å². The van der Waals surface area contributed by atoms with Gasteiger partial charge < -0.3 is 20.1 Å². The SMILES string of the molecule is Cc1c(C)n(C)c2cccc(Sc3cc(O)c(C(=O)NCC(=O)O)c4ncnn34)c12. The number of benzene rings is 1. The summed E-state index contributed by atoms with van der Waals surface area (Å²) < 4.78 is 3.59. The number of aromatic nitrogens is 4. The summed E-state index contributed by atoms with van der Waals surface area (Å²) in [5.41, 5.74) is 3.45. The molecule has 10 heteroatoms. The molecule has 0 atom stereocenters. The second-order valence-electron chi connectivity index (χ2n) is 6.84. The van der Waals surface area contributed by atoms with Crippen molar-refractivity contribution in [1.82, 2.24) is 24.5 Å². The van der Waals surface area contributed by atoms with Crippen molar-refractivity contribution in [3.8, 4) is 5.75 Å². The average Bonchev–Trinajstić information content (AvgIpc) is 3.27. The van der Waals surface area contributed by atoms with Crippen molar-refractivity contribution in [1.29, 1.82) is 0 Å². The van der Waals surface area contributed by atoms with Gasteiger partial charge in [-0.1, -0.05) is 17.8 Å². The van der Waals surface area contributed by atoms with E-state index in [0.29, 0.717) is 5.03 Å². The fourth-order valence-electron chi connectivity index (χ4n) is 3.46. The summed E-state index contributed by atoms with van der Waals surface area (Å²) in [6.07, 6.45) is 1.28.